The van der Waals surface area contributed by atoms with Gasteiger partial charge in [0.25, 0.3) is 0 Å². The summed E-state index contributed by atoms with van der Waals surface area (Å²) in [6.45, 7) is 5.16. The molecule has 0 fully saturated rings. The summed E-state index contributed by atoms with van der Waals surface area (Å²) in [4.78, 5) is 18.0. The zero-order valence-electron chi connectivity index (χ0n) is 16.0. The van der Waals surface area contributed by atoms with E-state index in [-0.39, 0.29) is 6.10 Å². The van der Waals surface area contributed by atoms with Crippen molar-refractivity contribution in [1.29, 1.82) is 0 Å². The van der Waals surface area contributed by atoms with Crippen LogP contribution in [0.5, 0.6) is 0 Å². The average molecular weight is 471 g/mol. The second-order valence-corrected chi connectivity index (χ2v) is 8.22. The minimum Gasteiger partial charge on any atom is -0.377 e. The summed E-state index contributed by atoms with van der Waals surface area (Å²) < 4.78 is 8.51. The van der Waals surface area contributed by atoms with Crippen LogP contribution in [0, 0.1) is 0 Å². The van der Waals surface area contributed by atoms with Crippen LogP contribution < -0.4 is 0 Å². The van der Waals surface area contributed by atoms with E-state index >= 15 is 0 Å². The molecule has 148 valence electrons. The van der Waals surface area contributed by atoms with E-state index in [1.807, 2.05) is 48.2 Å². The molecule has 0 N–H and O–H groups in total. The molecule has 9 heteroatoms. The van der Waals surface area contributed by atoms with Gasteiger partial charge in [0.15, 0.2) is 11.6 Å². The quantitative estimate of drug-likeness (QED) is 0.389. The van der Waals surface area contributed by atoms with E-state index in [4.69, 9.17) is 19.8 Å². The molecule has 0 aliphatic carbocycles. The van der Waals surface area contributed by atoms with Gasteiger partial charge in [-0.05, 0) is 26.0 Å². The number of hydrogen-bond acceptors (Lipinski definition) is 7. The van der Waals surface area contributed by atoms with Crippen LogP contribution in [0.3, 0.4) is 0 Å². The van der Waals surface area contributed by atoms with Crippen LogP contribution in [0.2, 0.25) is 0 Å². The van der Waals surface area contributed by atoms with Crippen molar-refractivity contribution in [3.63, 3.8) is 0 Å². The number of benzene rings is 1. The first-order valence-corrected chi connectivity index (χ1v) is 10.8. The minimum absolute atomic E-state index is 0.159. The van der Waals surface area contributed by atoms with Gasteiger partial charge in [-0.25, -0.2) is 14.6 Å². The van der Waals surface area contributed by atoms with Crippen LogP contribution in [0.1, 0.15) is 13.8 Å². The van der Waals surface area contributed by atoms with E-state index in [2.05, 4.69) is 25.9 Å². The molecule has 7 nitrogen and oxygen atoms in total. The van der Waals surface area contributed by atoms with Crippen molar-refractivity contribution >= 4 is 27.3 Å². The molecule has 0 atom stereocenters. The van der Waals surface area contributed by atoms with Crippen LogP contribution in [0.4, 0.5) is 0 Å². The fraction of sp³-hybridized carbons (Fsp3) is 0.250. The summed E-state index contributed by atoms with van der Waals surface area (Å²) in [5.41, 5.74) is 2.43. The normalized spacial score (nSPS) is 11.3. The lowest BCUT2D eigenvalue weighted by Crippen LogP contribution is -2.12. The van der Waals surface area contributed by atoms with Gasteiger partial charge in [0.2, 0.25) is 0 Å². The Labute approximate surface area is 181 Å². The Balaban J connectivity index is 1.71. The molecule has 29 heavy (non-hydrogen) atoms. The van der Waals surface area contributed by atoms with Gasteiger partial charge < -0.3 is 4.74 Å². The van der Waals surface area contributed by atoms with E-state index < -0.39 is 0 Å². The highest BCUT2D eigenvalue weighted by molar-refractivity contribution is 9.10. The maximum absolute atomic E-state index is 5.72. The van der Waals surface area contributed by atoms with E-state index in [1.165, 1.54) is 11.3 Å². The molecule has 4 aromatic rings. The van der Waals surface area contributed by atoms with Crippen LogP contribution in [-0.2, 0) is 11.3 Å². The predicted octanol–water partition coefficient (Wildman–Crippen LogP) is 4.71. The molecule has 0 aliphatic rings. The topological polar surface area (TPSA) is 78.6 Å². The monoisotopic (exact) mass is 470 g/mol. The summed E-state index contributed by atoms with van der Waals surface area (Å²) in [5.74, 6) is 1.35. The molecule has 0 bridgehead atoms. The van der Waals surface area contributed by atoms with Gasteiger partial charge in [0, 0.05) is 27.8 Å². The molecule has 0 aliphatic heterocycles. The number of ether oxygens (including phenoxy) is 1. The van der Waals surface area contributed by atoms with Gasteiger partial charge in [-0.3, -0.25) is 9.97 Å². The Morgan fingerprint density at radius 3 is 2.76 bits per heavy atom. The Morgan fingerprint density at radius 2 is 2.00 bits per heavy atom. The van der Waals surface area contributed by atoms with Gasteiger partial charge in [-0.15, -0.1) is 11.3 Å². The molecule has 0 unspecified atom stereocenters. The van der Waals surface area contributed by atoms with Crippen molar-refractivity contribution in [1.82, 2.24) is 29.7 Å². The molecule has 3 heterocycles. The maximum Gasteiger partial charge on any atom is 0.182 e. The highest BCUT2D eigenvalue weighted by Gasteiger charge is 2.18. The van der Waals surface area contributed by atoms with Crippen molar-refractivity contribution in [2.24, 2.45) is 0 Å². The maximum atomic E-state index is 5.72. The Morgan fingerprint density at radius 1 is 1.14 bits per heavy atom. The molecule has 0 saturated carbocycles. The first kappa shape index (κ1) is 19.8. The van der Waals surface area contributed by atoms with Crippen LogP contribution in [0.25, 0.3) is 33.6 Å². The predicted molar refractivity (Wildman–Crippen MR) is 116 cm³/mol. The van der Waals surface area contributed by atoms with Crippen molar-refractivity contribution in [2.75, 3.05) is 6.61 Å². The number of halogens is 1. The van der Waals surface area contributed by atoms with E-state index in [1.54, 1.807) is 18.6 Å². The third kappa shape index (κ3) is 4.58. The largest absolute Gasteiger partial charge is 0.377 e. The fourth-order valence-electron chi connectivity index (χ4n) is 2.72. The first-order valence-electron chi connectivity index (χ1n) is 9.15. The van der Waals surface area contributed by atoms with Crippen LogP contribution in [-0.4, -0.2) is 42.4 Å². The highest BCUT2D eigenvalue weighted by Crippen LogP contribution is 2.30. The zero-order valence-corrected chi connectivity index (χ0v) is 18.4. The lowest BCUT2D eigenvalue weighted by Gasteiger charge is -2.08. The van der Waals surface area contributed by atoms with Gasteiger partial charge in [0.05, 0.1) is 25.5 Å². The molecule has 0 spiro atoms. The van der Waals surface area contributed by atoms with E-state index in [0.717, 1.165) is 26.4 Å². The number of rotatable bonds is 7. The molecule has 0 radical (unpaired) electrons. The molecule has 0 saturated heterocycles. The third-order valence-corrected chi connectivity index (χ3v) is 5.61. The Bertz CT molecular complexity index is 1100. The molecule has 0 amide bonds. The second kappa shape index (κ2) is 8.89. The average Bonchev–Trinajstić information content (AvgIpc) is 3.36. The molecule has 3 aromatic heterocycles. The Hall–Kier alpha value is -2.49. The second-order valence-electron chi connectivity index (χ2n) is 6.51. The molecular formula is C20H19BrN6OS. The van der Waals surface area contributed by atoms with Gasteiger partial charge >= 0.3 is 0 Å². The van der Waals surface area contributed by atoms with Gasteiger partial charge in [0.1, 0.15) is 16.4 Å². The number of aromatic nitrogens is 6. The smallest absolute Gasteiger partial charge is 0.182 e. The lowest BCUT2D eigenvalue weighted by molar-refractivity contribution is 0.0712. The van der Waals surface area contributed by atoms with Crippen molar-refractivity contribution in [2.45, 2.75) is 26.5 Å². The van der Waals surface area contributed by atoms with Crippen LogP contribution >= 0.6 is 27.3 Å². The zero-order chi connectivity index (χ0) is 20.2. The first-order chi connectivity index (χ1) is 14.1. The Kier molecular flexibility index (Phi) is 6.08. The van der Waals surface area contributed by atoms with Crippen molar-refractivity contribution in [3.05, 3.63) is 52.7 Å². The van der Waals surface area contributed by atoms with Crippen molar-refractivity contribution < 1.29 is 4.74 Å². The number of nitrogens with zero attached hydrogens (tertiary/aromatic N) is 6. The standard InChI is InChI=1S/C20H19BrN6OS/c1-13(2)28-10-9-27-19(25-18(26-27)14-5-3-4-6-15(14)21)17-12-29-20(24-17)16-11-22-7-8-23-16/h3-8,11-13H,9-10H2,1-2H3. The fourth-order valence-corrected chi connectivity index (χ4v) is 3.94. The summed E-state index contributed by atoms with van der Waals surface area (Å²) in [7, 11) is 0. The van der Waals surface area contributed by atoms with Gasteiger partial charge in [-0.1, -0.05) is 28.1 Å². The van der Waals surface area contributed by atoms with E-state index in [0.29, 0.717) is 24.8 Å². The summed E-state index contributed by atoms with van der Waals surface area (Å²) in [6, 6.07) is 7.91. The summed E-state index contributed by atoms with van der Waals surface area (Å²) in [5, 5.41) is 7.49. The summed E-state index contributed by atoms with van der Waals surface area (Å²) in [6.07, 6.45) is 5.17. The molecular weight excluding hydrogens is 452 g/mol. The third-order valence-electron chi connectivity index (χ3n) is 4.06. The molecule has 4 rings (SSSR count). The lowest BCUT2D eigenvalue weighted by atomic mass is 10.2. The van der Waals surface area contributed by atoms with Crippen LogP contribution in [0.15, 0.2) is 52.7 Å². The van der Waals surface area contributed by atoms with E-state index in [9.17, 15) is 0 Å². The van der Waals surface area contributed by atoms with Gasteiger partial charge in [-0.2, -0.15) is 5.10 Å². The molecule has 1 aromatic carbocycles. The number of thiazole rings is 1. The highest BCUT2D eigenvalue weighted by atomic mass is 79.9. The minimum atomic E-state index is 0.159. The summed E-state index contributed by atoms with van der Waals surface area (Å²) >= 11 is 5.09. The SMILES string of the molecule is CC(C)OCCn1nc(-c2ccccc2Br)nc1-c1csc(-c2cnccn2)n1. The number of hydrogen-bond donors (Lipinski definition) is 0. The van der Waals surface area contributed by atoms with Crippen molar-refractivity contribution in [3.8, 4) is 33.6 Å².